The quantitative estimate of drug-likeness (QED) is 0.874. The second kappa shape index (κ2) is 7.06. The van der Waals surface area contributed by atoms with Crippen LogP contribution in [0.2, 0.25) is 0 Å². The van der Waals surface area contributed by atoms with Gasteiger partial charge in [-0.15, -0.1) is 0 Å². The fraction of sp³-hybridized carbons (Fsp3) is 0.647. The van der Waals surface area contributed by atoms with E-state index in [9.17, 15) is 0 Å². The van der Waals surface area contributed by atoms with Gasteiger partial charge in [-0.1, -0.05) is 38.1 Å². The van der Waals surface area contributed by atoms with Crippen LogP contribution in [0, 0.1) is 5.92 Å². The Morgan fingerprint density at radius 1 is 1.26 bits per heavy atom. The third-order valence-corrected chi connectivity index (χ3v) is 4.22. The summed E-state index contributed by atoms with van der Waals surface area (Å²) < 4.78 is 0. The van der Waals surface area contributed by atoms with Crippen LogP contribution in [0.25, 0.3) is 0 Å². The fourth-order valence-electron chi connectivity index (χ4n) is 2.75. The molecule has 0 saturated carbocycles. The van der Waals surface area contributed by atoms with E-state index in [-0.39, 0.29) is 0 Å². The smallest absolute Gasteiger partial charge is 0.0205 e. The zero-order valence-electron chi connectivity index (χ0n) is 12.7. The molecule has 1 heterocycles. The number of nitrogens with zero attached hydrogens (tertiary/aromatic N) is 1. The van der Waals surface area contributed by atoms with E-state index >= 15 is 0 Å². The summed E-state index contributed by atoms with van der Waals surface area (Å²) in [6, 6.07) is 8.98. The van der Waals surface area contributed by atoms with Crippen molar-refractivity contribution in [1.82, 2.24) is 10.2 Å². The maximum absolute atomic E-state index is 3.63. The van der Waals surface area contributed by atoms with Crippen molar-refractivity contribution >= 4 is 0 Å². The predicted octanol–water partition coefficient (Wildman–Crippen LogP) is 3.24. The van der Waals surface area contributed by atoms with Crippen LogP contribution in [0.4, 0.5) is 0 Å². The summed E-state index contributed by atoms with van der Waals surface area (Å²) in [6.07, 6.45) is 2.69. The average Bonchev–Trinajstić information content (AvgIpc) is 2.41. The molecule has 1 aliphatic rings. The number of likely N-dealkylation sites (tertiary alicyclic amines) is 1. The Bertz CT molecular complexity index is 379. The number of nitrogens with one attached hydrogen (secondary N) is 1. The molecule has 1 N–H and O–H groups in total. The molecule has 1 aromatic rings. The van der Waals surface area contributed by atoms with Crippen molar-refractivity contribution in [3.05, 3.63) is 35.4 Å². The van der Waals surface area contributed by atoms with Gasteiger partial charge < -0.3 is 10.2 Å². The lowest BCUT2D eigenvalue weighted by atomic mass is 9.97. The van der Waals surface area contributed by atoms with Crippen LogP contribution in [0.5, 0.6) is 0 Å². The number of hydrogen-bond acceptors (Lipinski definition) is 2. The Kier molecular flexibility index (Phi) is 5.41. The maximum Gasteiger partial charge on any atom is 0.0205 e. The molecule has 1 aliphatic heterocycles. The van der Waals surface area contributed by atoms with E-state index in [1.165, 1.54) is 43.6 Å². The van der Waals surface area contributed by atoms with Gasteiger partial charge in [0.25, 0.3) is 0 Å². The van der Waals surface area contributed by atoms with Crippen molar-refractivity contribution in [2.45, 2.75) is 39.2 Å². The molecule has 0 unspecified atom stereocenters. The van der Waals surface area contributed by atoms with Gasteiger partial charge in [0, 0.05) is 6.54 Å². The van der Waals surface area contributed by atoms with Gasteiger partial charge in [0.2, 0.25) is 0 Å². The zero-order chi connectivity index (χ0) is 13.7. The van der Waals surface area contributed by atoms with Crippen LogP contribution in [-0.4, -0.2) is 31.6 Å². The monoisotopic (exact) mass is 260 g/mol. The van der Waals surface area contributed by atoms with Gasteiger partial charge in [-0.2, -0.15) is 0 Å². The molecule has 0 aromatic heterocycles. The molecule has 1 saturated heterocycles. The van der Waals surface area contributed by atoms with Gasteiger partial charge in [0.15, 0.2) is 0 Å². The molecule has 2 nitrogen and oxygen atoms in total. The Hall–Kier alpha value is -0.860. The standard InChI is InChI=1S/C17H28N2/c1-14(2)17-6-4-5-16(11-17)13-18-12-15-7-9-19(3)10-8-15/h4-6,11,14-15,18H,7-10,12-13H2,1-3H3. The van der Waals surface area contributed by atoms with E-state index in [4.69, 9.17) is 0 Å². The first-order valence-corrected chi connectivity index (χ1v) is 7.63. The molecule has 0 aliphatic carbocycles. The summed E-state index contributed by atoms with van der Waals surface area (Å²) in [7, 11) is 2.22. The van der Waals surface area contributed by atoms with Crippen molar-refractivity contribution in [2.24, 2.45) is 5.92 Å². The van der Waals surface area contributed by atoms with Gasteiger partial charge >= 0.3 is 0 Å². The van der Waals surface area contributed by atoms with Crippen molar-refractivity contribution in [1.29, 1.82) is 0 Å². The largest absolute Gasteiger partial charge is 0.312 e. The third-order valence-electron chi connectivity index (χ3n) is 4.22. The Morgan fingerprint density at radius 2 is 2.00 bits per heavy atom. The van der Waals surface area contributed by atoms with E-state index in [1.54, 1.807) is 0 Å². The van der Waals surface area contributed by atoms with Crippen molar-refractivity contribution in [2.75, 3.05) is 26.7 Å². The molecule has 0 spiro atoms. The second-order valence-corrected chi connectivity index (χ2v) is 6.28. The van der Waals surface area contributed by atoms with Crippen LogP contribution >= 0.6 is 0 Å². The van der Waals surface area contributed by atoms with E-state index < -0.39 is 0 Å². The van der Waals surface area contributed by atoms with E-state index in [0.29, 0.717) is 5.92 Å². The molecule has 2 rings (SSSR count). The van der Waals surface area contributed by atoms with Crippen LogP contribution in [0.3, 0.4) is 0 Å². The highest BCUT2D eigenvalue weighted by molar-refractivity contribution is 5.25. The topological polar surface area (TPSA) is 15.3 Å². The first kappa shape index (κ1) is 14.5. The summed E-state index contributed by atoms with van der Waals surface area (Å²) in [5.74, 6) is 1.48. The minimum absolute atomic E-state index is 0.619. The lowest BCUT2D eigenvalue weighted by Gasteiger charge is -2.29. The van der Waals surface area contributed by atoms with E-state index in [1.807, 2.05) is 0 Å². The minimum Gasteiger partial charge on any atom is -0.312 e. The normalized spacial score (nSPS) is 18.1. The Labute approximate surface area is 118 Å². The van der Waals surface area contributed by atoms with Crippen molar-refractivity contribution in [3.8, 4) is 0 Å². The second-order valence-electron chi connectivity index (χ2n) is 6.28. The highest BCUT2D eigenvalue weighted by Crippen LogP contribution is 2.17. The SMILES string of the molecule is CC(C)c1cccc(CNCC2CCN(C)CC2)c1. The highest BCUT2D eigenvalue weighted by atomic mass is 15.1. The third kappa shape index (κ3) is 4.63. The molecule has 1 fully saturated rings. The zero-order valence-corrected chi connectivity index (χ0v) is 12.7. The molecule has 1 aromatic carbocycles. The van der Waals surface area contributed by atoms with Crippen LogP contribution < -0.4 is 5.32 Å². The highest BCUT2D eigenvalue weighted by Gasteiger charge is 2.15. The molecule has 106 valence electrons. The van der Waals surface area contributed by atoms with Crippen LogP contribution in [0.15, 0.2) is 24.3 Å². The number of hydrogen-bond donors (Lipinski definition) is 1. The van der Waals surface area contributed by atoms with Gasteiger partial charge in [-0.05, 0) is 62.5 Å². The van der Waals surface area contributed by atoms with E-state index in [0.717, 1.165) is 12.5 Å². The Balaban J connectivity index is 1.75. The van der Waals surface area contributed by atoms with E-state index in [2.05, 4.69) is 55.4 Å². The summed E-state index contributed by atoms with van der Waals surface area (Å²) in [5.41, 5.74) is 2.86. The predicted molar refractivity (Wildman–Crippen MR) is 82.5 cm³/mol. The van der Waals surface area contributed by atoms with Gasteiger partial charge in [-0.3, -0.25) is 0 Å². The van der Waals surface area contributed by atoms with Crippen molar-refractivity contribution in [3.63, 3.8) is 0 Å². The maximum atomic E-state index is 3.63. The number of piperidine rings is 1. The lowest BCUT2D eigenvalue weighted by Crippen LogP contribution is -2.34. The van der Waals surface area contributed by atoms with Crippen molar-refractivity contribution < 1.29 is 0 Å². The van der Waals surface area contributed by atoms with Crippen LogP contribution in [0.1, 0.15) is 43.7 Å². The lowest BCUT2D eigenvalue weighted by molar-refractivity contribution is 0.216. The summed E-state index contributed by atoms with van der Waals surface area (Å²) in [6.45, 7) is 9.20. The van der Waals surface area contributed by atoms with Gasteiger partial charge in [-0.25, -0.2) is 0 Å². The molecular formula is C17H28N2. The molecule has 0 atom stereocenters. The first-order chi connectivity index (χ1) is 9.15. The summed E-state index contributed by atoms with van der Waals surface area (Å²) in [5, 5.41) is 3.63. The Morgan fingerprint density at radius 3 is 2.68 bits per heavy atom. The van der Waals surface area contributed by atoms with Gasteiger partial charge in [0.05, 0.1) is 0 Å². The molecular weight excluding hydrogens is 232 g/mol. The molecule has 0 amide bonds. The van der Waals surface area contributed by atoms with Crippen LogP contribution in [-0.2, 0) is 6.54 Å². The molecule has 0 bridgehead atoms. The molecule has 19 heavy (non-hydrogen) atoms. The first-order valence-electron chi connectivity index (χ1n) is 7.63. The minimum atomic E-state index is 0.619. The fourth-order valence-corrected chi connectivity index (χ4v) is 2.75. The summed E-state index contributed by atoms with van der Waals surface area (Å²) in [4.78, 5) is 2.43. The number of benzene rings is 1. The molecule has 2 heteroatoms. The number of rotatable bonds is 5. The van der Waals surface area contributed by atoms with Gasteiger partial charge in [0.1, 0.15) is 0 Å². The molecule has 0 radical (unpaired) electrons. The average molecular weight is 260 g/mol. The summed E-state index contributed by atoms with van der Waals surface area (Å²) >= 11 is 0.